The summed E-state index contributed by atoms with van der Waals surface area (Å²) in [6.45, 7) is 2.48. The first-order valence-electron chi connectivity index (χ1n) is 13.7. The quantitative estimate of drug-likeness (QED) is 0.0872. The number of amides is 1. The maximum Gasteiger partial charge on any atom is 0.267 e. The average Bonchev–Trinajstić information content (AvgIpc) is 3.59. The second-order valence-corrected chi connectivity index (χ2v) is 11.6. The molecule has 0 unspecified atom stereocenters. The lowest BCUT2D eigenvalue weighted by Crippen LogP contribution is -2.24. The minimum Gasteiger partial charge on any atom is -0.494 e. The summed E-state index contributed by atoms with van der Waals surface area (Å²) in [6.07, 6.45) is 4.49. The van der Waals surface area contributed by atoms with E-state index < -0.39 is 0 Å². The molecule has 10 heteroatoms. The molecule has 42 heavy (non-hydrogen) atoms. The van der Waals surface area contributed by atoms with E-state index in [1.54, 1.807) is 22.1 Å². The number of thioether (sulfide) groups is 1. The van der Waals surface area contributed by atoms with Crippen molar-refractivity contribution in [3.05, 3.63) is 105 Å². The van der Waals surface area contributed by atoms with Crippen molar-refractivity contribution >= 4 is 45.4 Å². The highest BCUT2D eigenvalue weighted by Crippen LogP contribution is 2.36. The van der Waals surface area contributed by atoms with Crippen LogP contribution in [0.25, 0.3) is 15.9 Å². The minimum atomic E-state index is -0.311. The number of para-hydroxylation sites is 1. The van der Waals surface area contributed by atoms with Crippen molar-refractivity contribution in [1.29, 1.82) is 0 Å². The fraction of sp³-hybridized carbons (Fsp3) is 0.188. The van der Waals surface area contributed by atoms with E-state index in [2.05, 4.69) is 10.5 Å². The zero-order valence-corrected chi connectivity index (χ0v) is 24.5. The Bertz CT molecular complexity index is 1810. The van der Waals surface area contributed by atoms with Crippen LogP contribution in [0.15, 0.2) is 93.9 Å². The molecule has 2 heterocycles. The Labute approximate surface area is 251 Å². The molecular weight excluding hydrogens is 569 g/mol. The molecule has 0 saturated carbocycles. The van der Waals surface area contributed by atoms with E-state index in [1.165, 1.54) is 16.6 Å². The number of hydrogen-bond donors (Lipinski definition) is 1. The summed E-state index contributed by atoms with van der Waals surface area (Å²) in [6, 6.07) is 24.3. The zero-order valence-electron chi connectivity index (χ0n) is 22.9. The largest absolute Gasteiger partial charge is 0.494 e. The van der Waals surface area contributed by atoms with Gasteiger partial charge in [-0.1, -0.05) is 42.1 Å². The summed E-state index contributed by atoms with van der Waals surface area (Å²) >= 11 is 2.79. The third-order valence-electron chi connectivity index (χ3n) is 6.69. The molecule has 0 bridgehead atoms. The van der Waals surface area contributed by atoms with Gasteiger partial charge in [-0.05, 0) is 85.8 Å². The molecule has 0 spiro atoms. The van der Waals surface area contributed by atoms with Crippen molar-refractivity contribution in [2.24, 2.45) is 5.10 Å². The van der Waals surface area contributed by atoms with Gasteiger partial charge >= 0.3 is 0 Å². The van der Waals surface area contributed by atoms with Crippen LogP contribution < -0.4 is 20.5 Å². The molecule has 3 aromatic carbocycles. The van der Waals surface area contributed by atoms with Gasteiger partial charge in [0.2, 0.25) is 0 Å². The predicted molar refractivity (Wildman–Crippen MR) is 168 cm³/mol. The normalized spacial score (nSPS) is 12.5. The molecule has 1 N–H and O–H groups in total. The molecule has 5 aromatic rings. The highest BCUT2D eigenvalue weighted by atomic mass is 32.2. The van der Waals surface area contributed by atoms with Crippen molar-refractivity contribution in [3.8, 4) is 22.9 Å². The molecular formula is C32H28N4O4S2. The van der Waals surface area contributed by atoms with Gasteiger partial charge in [0.05, 0.1) is 29.6 Å². The third kappa shape index (κ3) is 6.09. The number of aromatic nitrogens is 2. The molecule has 1 aliphatic carbocycles. The molecule has 212 valence electrons. The summed E-state index contributed by atoms with van der Waals surface area (Å²) in [5, 5.41) is 5.27. The van der Waals surface area contributed by atoms with Crippen LogP contribution in [0, 0.1) is 0 Å². The van der Waals surface area contributed by atoms with Gasteiger partial charge in [0, 0.05) is 4.88 Å². The van der Waals surface area contributed by atoms with Gasteiger partial charge in [0.15, 0.2) is 5.16 Å². The second kappa shape index (κ2) is 12.6. The first kappa shape index (κ1) is 27.7. The third-order valence-corrected chi connectivity index (χ3v) is 8.81. The number of thiophene rings is 1. The number of carbonyl (C=O) groups excluding carboxylic acids is 1. The molecule has 1 amide bonds. The highest BCUT2D eigenvalue weighted by molar-refractivity contribution is 7.99. The zero-order chi connectivity index (χ0) is 28.9. The number of nitrogens with zero attached hydrogens (tertiary/aromatic N) is 3. The van der Waals surface area contributed by atoms with Crippen molar-refractivity contribution < 1.29 is 14.3 Å². The molecule has 0 radical (unpaired) electrons. The van der Waals surface area contributed by atoms with Crippen LogP contribution in [-0.4, -0.2) is 34.0 Å². The van der Waals surface area contributed by atoms with Crippen LogP contribution in [-0.2, 0) is 17.6 Å². The van der Waals surface area contributed by atoms with Gasteiger partial charge in [-0.15, -0.1) is 11.3 Å². The van der Waals surface area contributed by atoms with Crippen LogP contribution in [0.2, 0.25) is 0 Å². The van der Waals surface area contributed by atoms with E-state index in [1.807, 2.05) is 85.8 Å². The standard InChI is InChI=1S/C32H28N4O4S2/c1-2-39-23-16-14-22(15-17-23)36-31(38)29-26-12-7-13-27(26)42-30(29)34-32(36)41-20-28(37)35-33-19-21-8-6-11-25(18-21)40-24-9-4-3-5-10-24/h3-6,8-11,14-19H,2,7,12-13,20H2,1H3,(H,35,37). The number of rotatable bonds is 10. The highest BCUT2D eigenvalue weighted by Gasteiger charge is 2.24. The smallest absolute Gasteiger partial charge is 0.267 e. The van der Waals surface area contributed by atoms with Gasteiger partial charge < -0.3 is 9.47 Å². The Morgan fingerprint density at radius 2 is 1.86 bits per heavy atom. The minimum absolute atomic E-state index is 0.0363. The molecule has 8 nitrogen and oxygen atoms in total. The van der Waals surface area contributed by atoms with E-state index in [0.717, 1.165) is 46.7 Å². The van der Waals surface area contributed by atoms with Crippen molar-refractivity contribution in [2.45, 2.75) is 31.3 Å². The maximum atomic E-state index is 13.8. The summed E-state index contributed by atoms with van der Waals surface area (Å²) in [7, 11) is 0. The number of hydrogen-bond acceptors (Lipinski definition) is 8. The number of carbonyl (C=O) groups is 1. The van der Waals surface area contributed by atoms with E-state index in [9.17, 15) is 9.59 Å². The van der Waals surface area contributed by atoms with Gasteiger partial charge in [0.25, 0.3) is 11.5 Å². The summed E-state index contributed by atoms with van der Waals surface area (Å²) < 4.78 is 13.0. The van der Waals surface area contributed by atoms with Crippen LogP contribution >= 0.6 is 23.1 Å². The molecule has 6 rings (SSSR count). The lowest BCUT2D eigenvalue weighted by atomic mass is 10.2. The maximum absolute atomic E-state index is 13.8. The predicted octanol–water partition coefficient (Wildman–Crippen LogP) is 6.37. The Hall–Kier alpha value is -4.41. The van der Waals surface area contributed by atoms with E-state index >= 15 is 0 Å². The second-order valence-electron chi connectivity index (χ2n) is 9.57. The number of aryl methyl sites for hydroxylation is 2. The SMILES string of the molecule is CCOc1ccc(-n2c(SCC(=O)NN=Cc3cccc(Oc4ccccc4)c3)nc3sc4c(c3c2=O)CCC4)cc1. The fourth-order valence-corrected chi connectivity index (χ4v) is 6.94. The van der Waals surface area contributed by atoms with Crippen LogP contribution in [0.1, 0.15) is 29.3 Å². The Morgan fingerprint density at radius 3 is 2.67 bits per heavy atom. The first-order valence-corrected chi connectivity index (χ1v) is 15.5. The van der Waals surface area contributed by atoms with Crippen LogP contribution in [0.5, 0.6) is 17.2 Å². The molecule has 0 fully saturated rings. The Kier molecular flexibility index (Phi) is 8.34. The lowest BCUT2D eigenvalue weighted by Gasteiger charge is -2.13. The van der Waals surface area contributed by atoms with Crippen molar-refractivity contribution in [3.63, 3.8) is 0 Å². The topological polar surface area (TPSA) is 94.8 Å². The number of ether oxygens (including phenoxy) is 2. The number of fused-ring (bicyclic) bond motifs is 3. The Balaban J connectivity index is 1.18. The van der Waals surface area contributed by atoms with Gasteiger partial charge in [-0.2, -0.15) is 5.10 Å². The van der Waals surface area contributed by atoms with E-state index in [4.69, 9.17) is 14.5 Å². The number of benzene rings is 3. The average molecular weight is 597 g/mol. The van der Waals surface area contributed by atoms with E-state index in [-0.39, 0.29) is 17.2 Å². The molecule has 0 aliphatic heterocycles. The monoisotopic (exact) mass is 596 g/mol. The fourth-order valence-electron chi connectivity index (χ4n) is 4.83. The first-order chi connectivity index (χ1) is 20.6. The molecule has 0 saturated heterocycles. The number of hydrazone groups is 1. The van der Waals surface area contributed by atoms with Crippen LogP contribution in [0.3, 0.4) is 0 Å². The van der Waals surface area contributed by atoms with Crippen molar-refractivity contribution in [1.82, 2.24) is 15.0 Å². The van der Waals surface area contributed by atoms with E-state index in [0.29, 0.717) is 28.6 Å². The summed E-state index contributed by atoms with van der Waals surface area (Å²) in [4.78, 5) is 33.4. The molecule has 1 aliphatic rings. The van der Waals surface area contributed by atoms with Crippen LogP contribution in [0.4, 0.5) is 0 Å². The molecule has 0 atom stereocenters. The van der Waals surface area contributed by atoms with Crippen molar-refractivity contribution in [2.75, 3.05) is 12.4 Å². The summed E-state index contributed by atoms with van der Waals surface area (Å²) in [5.74, 6) is 1.85. The Morgan fingerprint density at radius 1 is 1.05 bits per heavy atom. The summed E-state index contributed by atoms with van der Waals surface area (Å²) in [5.41, 5.74) is 5.04. The molecule has 2 aromatic heterocycles. The lowest BCUT2D eigenvalue weighted by molar-refractivity contribution is -0.118. The van der Waals surface area contributed by atoms with Gasteiger partial charge in [-0.25, -0.2) is 10.4 Å². The van der Waals surface area contributed by atoms with Gasteiger partial charge in [0.1, 0.15) is 22.1 Å². The van der Waals surface area contributed by atoms with Gasteiger partial charge in [-0.3, -0.25) is 14.2 Å². The number of nitrogens with one attached hydrogen (secondary N) is 1.